The summed E-state index contributed by atoms with van der Waals surface area (Å²) in [5, 5.41) is 0.101. The largest absolute Gasteiger partial charge is 0.458 e. The van der Waals surface area contributed by atoms with Crippen LogP contribution >= 0.6 is 22.6 Å². The van der Waals surface area contributed by atoms with Gasteiger partial charge in [-0.15, -0.1) is 0 Å². The van der Waals surface area contributed by atoms with Gasteiger partial charge in [-0.05, 0) is 72.9 Å². The second-order valence-electron chi connectivity index (χ2n) is 15.9. The highest BCUT2D eigenvalue weighted by Gasteiger charge is 2.45. The predicted molar refractivity (Wildman–Crippen MR) is 199 cm³/mol. The van der Waals surface area contributed by atoms with Crippen molar-refractivity contribution in [3.8, 4) is 0 Å². The molecule has 0 saturated carbocycles. The zero-order valence-electron chi connectivity index (χ0n) is 30.1. The van der Waals surface area contributed by atoms with E-state index >= 15 is 0 Å². The molecule has 4 aliphatic heterocycles. The van der Waals surface area contributed by atoms with Gasteiger partial charge in [-0.1, -0.05) is 81.5 Å². The summed E-state index contributed by atoms with van der Waals surface area (Å²) in [5.41, 5.74) is 3.08. The van der Waals surface area contributed by atoms with Crippen LogP contribution in [0.3, 0.4) is 0 Å². The molecule has 0 unspecified atom stereocenters. The van der Waals surface area contributed by atoms with Crippen LogP contribution in [0.5, 0.6) is 0 Å². The SMILES string of the molecule is C=C1C[C@@H]2C[C@@H]3C[C@@H](O[Si](C)(C)C(C)(C)C)C[C@@H](O3)c3coc(n3)C=CC[C@H]3O[C@@H](C(C)=CI)[C@H](C)[C@@H](OC(=O)C=CC[C@@H](C1)O2)[C@H]3C. The molecule has 0 amide bonds. The van der Waals surface area contributed by atoms with E-state index in [9.17, 15) is 4.79 Å². The quantitative estimate of drug-likeness (QED) is 0.130. The number of oxazole rings is 1. The van der Waals surface area contributed by atoms with Crippen molar-refractivity contribution in [1.82, 2.24) is 4.98 Å². The summed E-state index contributed by atoms with van der Waals surface area (Å²) in [6.45, 7) is 22.1. The van der Waals surface area contributed by atoms with E-state index in [1.54, 1.807) is 12.3 Å². The standard InChI is InChI=1S/C38H56INO7Si/c1-23-16-27-12-10-15-35(41)46-37-25(3)32(45-36(26(37)4)24(2)21-39)13-11-14-34-40-31(22-42-34)33-20-30(47-48(8,9)38(5,6)7)19-29(44-33)18-28(17-23)43-27/h10-11,14-15,21-22,25-30,32-33,36-37H,1,12-13,16-20H2,2-9H3/t25-,26-,27-,28+,29+,30+,32+,33+,36-,37-/m0/s1. The molecule has 10 atom stereocenters. The highest BCUT2D eigenvalue weighted by Crippen LogP contribution is 2.43. The minimum Gasteiger partial charge on any atom is -0.458 e. The molecule has 48 heavy (non-hydrogen) atoms. The summed E-state index contributed by atoms with van der Waals surface area (Å²) >= 11 is 2.25. The fraction of sp³-hybridized carbons (Fsp3) is 0.684. The van der Waals surface area contributed by atoms with Crippen molar-refractivity contribution in [2.24, 2.45) is 11.8 Å². The van der Waals surface area contributed by atoms with Gasteiger partial charge < -0.3 is 27.8 Å². The van der Waals surface area contributed by atoms with Crippen molar-refractivity contribution in [3.63, 3.8) is 0 Å². The number of halogens is 1. The number of carbonyl (C=O) groups is 1. The van der Waals surface area contributed by atoms with Crippen molar-refractivity contribution in [1.29, 1.82) is 0 Å². The van der Waals surface area contributed by atoms with E-state index in [0.29, 0.717) is 18.7 Å². The molecule has 0 N–H and O–H groups in total. The zero-order valence-corrected chi connectivity index (χ0v) is 33.2. The molecule has 8 bridgehead atoms. The van der Waals surface area contributed by atoms with Crippen molar-refractivity contribution < 1.29 is 32.6 Å². The van der Waals surface area contributed by atoms with Gasteiger partial charge in [-0.3, -0.25) is 0 Å². The minimum absolute atomic E-state index is 0.00839. The third kappa shape index (κ3) is 9.20. The molecule has 3 fully saturated rings. The lowest BCUT2D eigenvalue weighted by Gasteiger charge is -2.44. The van der Waals surface area contributed by atoms with Crippen LogP contribution < -0.4 is 0 Å². The van der Waals surface area contributed by atoms with Gasteiger partial charge in [0.05, 0.1) is 36.6 Å². The van der Waals surface area contributed by atoms with Crippen LogP contribution in [-0.2, 0) is 28.2 Å². The number of nitrogens with zero attached hydrogens (tertiary/aromatic N) is 1. The Morgan fingerprint density at radius 1 is 1.00 bits per heavy atom. The van der Waals surface area contributed by atoms with E-state index in [1.165, 1.54) is 5.57 Å². The molecular weight excluding hydrogens is 737 g/mol. The number of rotatable bonds is 3. The summed E-state index contributed by atoms with van der Waals surface area (Å²) in [5.74, 6) is 0.200. The maximum absolute atomic E-state index is 13.2. The fourth-order valence-corrected chi connectivity index (χ4v) is 9.09. The molecule has 1 aromatic rings. The van der Waals surface area contributed by atoms with E-state index in [4.69, 9.17) is 32.8 Å². The Labute approximate surface area is 302 Å². The smallest absolute Gasteiger partial charge is 0.330 e. The molecule has 8 nitrogen and oxygen atoms in total. The lowest BCUT2D eigenvalue weighted by molar-refractivity contribution is -0.180. The van der Waals surface area contributed by atoms with Crippen LogP contribution in [0.4, 0.5) is 0 Å². The summed E-state index contributed by atoms with van der Waals surface area (Å²) in [6.07, 6.45) is 13.3. The molecule has 5 heterocycles. The molecule has 0 aromatic carbocycles. The van der Waals surface area contributed by atoms with Crippen LogP contribution in [0.25, 0.3) is 6.08 Å². The van der Waals surface area contributed by atoms with Crippen molar-refractivity contribution in [2.75, 3.05) is 0 Å². The van der Waals surface area contributed by atoms with Crippen molar-refractivity contribution >= 4 is 43.0 Å². The molecule has 4 aliphatic rings. The third-order valence-electron chi connectivity index (χ3n) is 11.0. The molecule has 1 aromatic heterocycles. The van der Waals surface area contributed by atoms with Gasteiger partial charge in [-0.2, -0.15) is 0 Å². The zero-order chi connectivity index (χ0) is 34.8. The van der Waals surface area contributed by atoms with Gasteiger partial charge >= 0.3 is 5.97 Å². The average Bonchev–Trinajstić information content (AvgIpc) is 3.47. The van der Waals surface area contributed by atoms with Crippen molar-refractivity contribution in [3.05, 3.63) is 57.9 Å². The van der Waals surface area contributed by atoms with Gasteiger partial charge in [0.25, 0.3) is 0 Å². The number of fused-ring (bicyclic) bond motifs is 9. The first-order valence-corrected chi connectivity index (χ1v) is 21.9. The second kappa shape index (κ2) is 15.8. The minimum atomic E-state index is -2.02. The van der Waals surface area contributed by atoms with E-state index in [0.717, 1.165) is 43.4 Å². The molecule has 10 heteroatoms. The van der Waals surface area contributed by atoms with Crippen LogP contribution in [0.2, 0.25) is 18.1 Å². The Bertz CT molecular complexity index is 1380. The Balaban J connectivity index is 1.44. The van der Waals surface area contributed by atoms with Crippen LogP contribution in [0.15, 0.2) is 50.7 Å². The number of esters is 1. The topological polar surface area (TPSA) is 89.3 Å². The molecule has 0 aliphatic carbocycles. The van der Waals surface area contributed by atoms with Gasteiger partial charge in [0.1, 0.15) is 24.2 Å². The van der Waals surface area contributed by atoms with Gasteiger partial charge in [0, 0.05) is 30.8 Å². The van der Waals surface area contributed by atoms with E-state index in [-0.39, 0.29) is 71.7 Å². The first-order valence-electron chi connectivity index (χ1n) is 17.7. The maximum Gasteiger partial charge on any atom is 0.330 e. The second-order valence-corrected chi connectivity index (χ2v) is 21.3. The predicted octanol–water partition coefficient (Wildman–Crippen LogP) is 9.43. The number of ether oxygens (including phenoxy) is 4. The van der Waals surface area contributed by atoms with Gasteiger partial charge in [0.15, 0.2) is 8.32 Å². The molecule has 0 spiro atoms. The van der Waals surface area contributed by atoms with E-state index < -0.39 is 8.32 Å². The number of carbonyl (C=O) groups excluding carboxylic acids is 1. The molecular formula is C38H56INO7Si. The monoisotopic (exact) mass is 793 g/mol. The normalized spacial score (nSPS) is 35.9. The van der Waals surface area contributed by atoms with E-state index in [1.807, 2.05) is 22.3 Å². The highest BCUT2D eigenvalue weighted by atomic mass is 127. The van der Waals surface area contributed by atoms with Crippen LogP contribution in [0.1, 0.15) is 104 Å². The number of aromatic nitrogens is 1. The Hall–Kier alpha value is -1.57. The number of hydrogen-bond donors (Lipinski definition) is 0. The lowest BCUT2D eigenvalue weighted by atomic mass is 9.80. The first kappa shape index (κ1) is 37.7. The van der Waals surface area contributed by atoms with Crippen LogP contribution in [-0.4, -0.2) is 62.0 Å². The summed E-state index contributed by atoms with van der Waals surface area (Å²) in [7, 11) is -2.02. The lowest BCUT2D eigenvalue weighted by Crippen LogP contribution is -2.50. The Morgan fingerprint density at radius 3 is 2.46 bits per heavy atom. The molecule has 3 saturated heterocycles. The highest BCUT2D eigenvalue weighted by molar-refractivity contribution is 14.1. The van der Waals surface area contributed by atoms with Gasteiger partial charge in [-0.25, -0.2) is 9.78 Å². The molecule has 5 rings (SSSR count). The summed E-state index contributed by atoms with van der Waals surface area (Å²) < 4.78 is 41.1. The first-order chi connectivity index (χ1) is 22.6. The van der Waals surface area contributed by atoms with Crippen LogP contribution in [0, 0.1) is 11.8 Å². The molecule has 0 radical (unpaired) electrons. The Morgan fingerprint density at radius 2 is 1.73 bits per heavy atom. The summed E-state index contributed by atoms with van der Waals surface area (Å²) in [6, 6.07) is 0. The summed E-state index contributed by atoms with van der Waals surface area (Å²) in [4.78, 5) is 18.0. The third-order valence-corrected chi connectivity index (χ3v) is 16.5. The van der Waals surface area contributed by atoms with Crippen molar-refractivity contribution in [2.45, 2.75) is 153 Å². The average molecular weight is 794 g/mol. The Kier molecular flexibility index (Phi) is 12.4. The van der Waals surface area contributed by atoms with Gasteiger partial charge in [0.2, 0.25) is 5.89 Å². The number of hydrogen-bond acceptors (Lipinski definition) is 8. The molecule has 266 valence electrons. The maximum atomic E-state index is 13.2. The van der Waals surface area contributed by atoms with E-state index in [2.05, 4.69) is 83.8 Å². The fourth-order valence-electron chi connectivity index (χ4n) is 7.36.